The summed E-state index contributed by atoms with van der Waals surface area (Å²) in [5.74, 6) is 0.851. The van der Waals surface area contributed by atoms with Gasteiger partial charge in [0.15, 0.2) is 0 Å². The van der Waals surface area contributed by atoms with Gasteiger partial charge in [0.2, 0.25) is 5.91 Å². The number of fused-ring (bicyclic) bond motifs is 1. The second-order valence-corrected chi connectivity index (χ2v) is 16.9. The molecule has 304 valence electrons. The van der Waals surface area contributed by atoms with Crippen LogP contribution in [0.5, 0.6) is 0 Å². The Kier molecular flexibility index (Phi) is 11.3. The third-order valence-corrected chi connectivity index (χ3v) is 13.1. The Labute approximate surface area is 348 Å². The fourth-order valence-corrected chi connectivity index (χ4v) is 10.0. The van der Waals surface area contributed by atoms with Gasteiger partial charge in [-0.2, -0.15) is 0 Å². The number of carbonyl (C=O) groups excluding carboxylic acids is 4. The van der Waals surface area contributed by atoms with Gasteiger partial charge in [-0.3, -0.25) is 9.59 Å². The van der Waals surface area contributed by atoms with Crippen LogP contribution in [0.2, 0.25) is 0 Å². The molecule has 0 bridgehead atoms. The van der Waals surface area contributed by atoms with Crippen LogP contribution in [0.25, 0.3) is 41.7 Å². The molecule has 4 N–H and O–H groups in total. The second-order valence-electron chi connectivity index (χ2n) is 14.8. The lowest BCUT2D eigenvalue weighted by Crippen LogP contribution is -2.51. The van der Waals surface area contributed by atoms with E-state index in [0.29, 0.717) is 24.5 Å². The highest BCUT2D eigenvalue weighted by Gasteiger charge is 2.38. The Morgan fingerprint density at radius 2 is 1.42 bits per heavy atom. The number of imidazole rings is 2. The number of H-pyrrole nitrogens is 2. The van der Waals surface area contributed by atoms with E-state index in [4.69, 9.17) is 14.5 Å². The van der Waals surface area contributed by atoms with E-state index in [0.717, 1.165) is 50.9 Å². The van der Waals surface area contributed by atoms with Gasteiger partial charge in [0.25, 0.3) is 5.91 Å². The maximum atomic E-state index is 13.9. The van der Waals surface area contributed by atoms with Gasteiger partial charge in [0, 0.05) is 27.4 Å². The molecule has 0 radical (unpaired) electrons. The van der Waals surface area contributed by atoms with Crippen molar-refractivity contribution in [2.45, 2.75) is 50.9 Å². The number of nitrogens with one attached hydrogen (secondary N) is 4. The van der Waals surface area contributed by atoms with Crippen LogP contribution in [0.4, 0.5) is 9.59 Å². The van der Waals surface area contributed by atoms with E-state index in [-0.39, 0.29) is 23.8 Å². The smallest absolute Gasteiger partial charge is 0.407 e. The number of amides is 4. The van der Waals surface area contributed by atoms with Gasteiger partial charge < -0.3 is 39.9 Å². The highest BCUT2D eigenvalue weighted by molar-refractivity contribution is 7.31. The molecule has 4 aromatic heterocycles. The Bertz CT molecular complexity index is 2470. The zero-order chi connectivity index (χ0) is 41.2. The van der Waals surface area contributed by atoms with E-state index in [1.54, 1.807) is 45.9 Å². The molecule has 4 amide bonds. The topological polar surface area (TPSA) is 175 Å². The SMILES string of the molecule is COC(=O)NC(C(=O)N1CCC[C@H]1c1ncc(-c2cc3sc(-c4ccc(-c5cnc([C@@H]6C=CCN6C(=O)[C@H](NC(=O)OC)c6ccccc6)[nH]5)cc4)cc3s2)[nH]1)C(C)C. The molecule has 1 unspecified atom stereocenters. The quantitative estimate of drug-likeness (QED) is 0.0951. The van der Waals surface area contributed by atoms with Crippen molar-refractivity contribution in [3.05, 3.63) is 108 Å². The number of aromatic nitrogens is 4. The van der Waals surface area contributed by atoms with Gasteiger partial charge in [-0.15, -0.1) is 22.7 Å². The fraction of sp³-hybridized carbons (Fsp3) is 0.302. The number of methoxy groups -OCH3 is 2. The average molecular weight is 833 g/mol. The Morgan fingerprint density at radius 3 is 2.15 bits per heavy atom. The van der Waals surface area contributed by atoms with Crippen LogP contribution in [0, 0.1) is 5.92 Å². The molecular weight excluding hydrogens is 789 g/mol. The van der Waals surface area contributed by atoms with Gasteiger partial charge in [-0.05, 0) is 47.6 Å². The minimum Gasteiger partial charge on any atom is -0.453 e. The lowest BCUT2D eigenvalue weighted by atomic mass is 10.0. The van der Waals surface area contributed by atoms with Crippen LogP contribution in [0.3, 0.4) is 0 Å². The molecule has 0 saturated carbocycles. The van der Waals surface area contributed by atoms with Gasteiger partial charge in [0.05, 0.1) is 48.9 Å². The molecule has 2 aliphatic rings. The van der Waals surface area contributed by atoms with Crippen LogP contribution in [-0.4, -0.2) is 87.1 Å². The first-order valence-electron chi connectivity index (χ1n) is 19.4. The maximum absolute atomic E-state index is 13.9. The van der Waals surface area contributed by atoms with Crippen molar-refractivity contribution < 1.29 is 28.7 Å². The number of alkyl carbamates (subject to hydrolysis) is 2. The number of rotatable bonds is 11. The summed E-state index contributed by atoms with van der Waals surface area (Å²) in [5.41, 5.74) is 4.44. The van der Waals surface area contributed by atoms with E-state index in [1.807, 2.05) is 55.3 Å². The molecule has 2 aliphatic heterocycles. The van der Waals surface area contributed by atoms with Gasteiger partial charge in [0.1, 0.15) is 29.8 Å². The number of hydrogen-bond acceptors (Lipinski definition) is 10. The van der Waals surface area contributed by atoms with Crippen LogP contribution >= 0.6 is 22.7 Å². The van der Waals surface area contributed by atoms with Crippen LogP contribution < -0.4 is 10.6 Å². The molecule has 0 aliphatic carbocycles. The first-order chi connectivity index (χ1) is 28.6. The third-order valence-electron chi connectivity index (χ3n) is 10.7. The number of nitrogens with zero attached hydrogens (tertiary/aromatic N) is 4. The Morgan fingerprint density at radius 1 is 0.780 bits per heavy atom. The molecule has 0 spiro atoms. The van der Waals surface area contributed by atoms with Gasteiger partial charge in [-0.1, -0.05) is 80.6 Å². The number of likely N-dealkylation sites (tertiary alicyclic amines) is 1. The zero-order valence-electron chi connectivity index (χ0n) is 32.9. The number of benzene rings is 2. The summed E-state index contributed by atoms with van der Waals surface area (Å²) >= 11 is 3.42. The van der Waals surface area contributed by atoms with E-state index < -0.39 is 30.3 Å². The molecule has 59 heavy (non-hydrogen) atoms. The summed E-state index contributed by atoms with van der Waals surface area (Å²) in [6, 6.07) is 19.6. The third kappa shape index (κ3) is 8.10. The molecular formula is C43H44N8O6S2. The van der Waals surface area contributed by atoms with Crippen molar-refractivity contribution in [3.8, 4) is 32.3 Å². The molecule has 2 aromatic carbocycles. The largest absolute Gasteiger partial charge is 0.453 e. The van der Waals surface area contributed by atoms with Crippen molar-refractivity contribution in [1.82, 2.24) is 40.4 Å². The molecule has 14 nitrogen and oxygen atoms in total. The predicted molar refractivity (Wildman–Crippen MR) is 226 cm³/mol. The Hall–Kier alpha value is -6.26. The molecule has 4 atom stereocenters. The number of aromatic amines is 2. The van der Waals surface area contributed by atoms with E-state index in [1.165, 1.54) is 23.6 Å². The fourth-order valence-electron chi connectivity index (χ4n) is 7.64. The minimum absolute atomic E-state index is 0.104. The number of ether oxygens (including phenoxy) is 2. The van der Waals surface area contributed by atoms with E-state index in [2.05, 4.69) is 62.0 Å². The van der Waals surface area contributed by atoms with Crippen molar-refractivity contribution in [2.24, 2.45) is 5.92 Å². The molecule has 1 fully saturated rings. The molecule has 6 heterocycles. The van der Waals surface area contributed by atoms with E-state index in [9.17, 15) is 19.2 Å². The predicted octanol–water partition coefficient (Wildman–Crippen LogP) is 7.99. The van der Waals surface area contributed by atoms with Crippen molar-refractivity contribution in [3.63, 3.8) is 0 Å². The monoisotopic (exact) mass is 832 g/mol. The first-order valence-corrected chi connectivity index (χ1v) is 21.0. The summed E-state index contributed by atoms with van der Waals surface area (Å²) in [4.78, 5) is 73.6. The second kappa shape index (κ2) is 16.9. The average Bonchev–Trinajstić information content (AvgIpc) is 4.10. The van der Waals surface area contributed by atoms with Gasteiger partial charge >= 0.3 is 12.2 Å². The summed E-state index contributed by atoms with van der Waals surface area (Å²) in [7, 11) is 2.56. The Balaban J connectivity index is 0.937. The number of carbonyl (C=O) groups is 4. The normalized spacial score (nSPS) is 17.4. The molecule has 1 saturated heterocycles. The lowest BCUT2D eigenvalue weighted by molar-refractivity contribution is -0.135. The first kappa shape index (κ1) is 39.6. The van der Waals surface area contributed by atoms with Crippen LogP contribution in [0.1, 0.15) is 62.0 Å². The summed E-state index contributed by atoms with van der Waals surface area (Å²) in [6.45, 7) is 4.78. The lowest BCUT2D eigenvalue weighted by Gasteiger charge is -2.30. The van der Waals surface area contributed by atoms with Crippen molar-refractivity contribution in [1.29, 1.82) is 0 Å². The number of thiophene rings is 2. The standard InChI is InChI=1S/C43H44N8O6S2/c1-24(2)36(48-42(54)56-3)40(52)50-18-8-13-31(50)39-45-23-29(47-39)33-21-35-34(59-33)20-32(58-35)26-16-14-25(15-17-26)28-22-44-38(46-28)30-12-9-19-51(30)41(53)37(49-43(55)57-4)27-10-6-5-7-11-27/h5-7,9-12,14-17,20-24,30-31,36-37H,8,13,18-19H2,1-4H3,(H,44,46)(H,45,47)(H,48,54)(H,49,55)/t30-,31-,36?,37+/m0/s1. The maximum Gasteiger partial charge on any atom is 0.407 e. The summed E-state index contributed by atoms with van der Waals surface area (Å²) < 4.78 is 11.9. The highest BCUT2D eigenvalue weighted by Crippen LogP contribution is 2.42. The minimum atomic E-state index is -0.917. The molecule has 8 rings (SSSR count). The summed E-state index contributed by atoms with van der Waals surface area (Å²) in [5, 5.41) is 5.39. The molecule has 6 aromatic rings. The number of hydrogen-bond donors (Lipinski definition) is 4. The van der Waals surface area contributed by atoms with Crippen molar-refractivity contribution >= 4 is 56.1 Å². The van der Waals surface area contributed by atoms with Crippen molar-refractivity contribution in [2.75, 3.05) is 27.3 Å². The van der Waals surface area contributed by atoms with Crippen LogP contribution in [-0.2, 0) is 19.1 Å². The zero-order valence-corrected chi connectivity index (χ0v) is 34.6. The van der Waals surface area contributed by atoms with Gasteiger partial charge in [-0.25, -0.2) is 19.6 Å². The van der Waals surface area contributed by atoms with Crippen LogP contribution in [0.15, 0.2) is 91.3 Å². The van der Waals surface area contributed by atoms with E-state index >= 15 is 0 Å². The summed E-state index contributed by atoms with van der Waals surface area (Å²) in [6.07, 6.45) is 7.80. The molecule has 16 heteroatoms. The highest BCUT2D eigenvalue weighted by atomic mass is 32.1.